The molecular formula is C23H27N3O4. The van der Waals surface area contributed by atoms with Gasteiger partial charge in [0, 0.05) is 24.0 Å². The van der Waals surface area contributed by atoms with Crippen LogP contribution in [0.15, 0.2) is 42.5 Å². The standard InChI is InChI=1S/C23H27N3O4/c1-2-25(16-23(28)26-11-5-7-17-6-3-4-8-19(17)26)15-22(27)24-18-9-10-20-21(14-18)30-13-12-29-20/h3-4,6,8-10,14H,2,5,7,11-13,15-16H2,1H3,(H,24,27). The Labute approximate surface area is 176 Å². The Morgan fingerprint density at radius 2 is 1.87 bits per heavy atom. The molecule has 0 fully saturated rings. The van der Waals surface area contributed by atoms with Crippen molar-refractivity contribution < 1.29 is 19.1 Å². The van der Waals surface area contributed by atoms with Gasteiger partial charge in [-0.05, 0) is 43.1 Å². The summed E-state index contributed by atoms with van der Waals surface area (Å²) in [7, 11) is 0. The molecule has 0 aliphatic carbocycles. The van der Waals surface area contributed by atoms with Crippen LogP contribution < -0.4 is 19.7 Å². The van der Waals surface area contributed by atoms with Gasteiger partial charge in [-0.3, -0.25) is 14.5 Å². The lowest BCUT2D eigenvalue weighted by Gasteiger charge is -2.31. The Balaban J connectivity index is 1.35. The third-order valence-corrected chi connectivity index (χ3v) is 5.41. The second-order valence-corrected chi connectivity index (χ2v) is 7.49. The molecule has 7 heteroatoms. The minimum Gasteiger partial charge on any atom is -0.486 e. The van der Waals surface area contributed by atoms with E-state index in [0.29, 0.717) is 36.9 Å². The fraction of sp³-hybridized carbons (Fsp3) is 0.391. The second-order valence-electron chi connectivity index (χ2n) is 7.49. The number of fused-ring (bicyclic) bond motifs is 2. The van der Waals surface area contributed by atoms with Crippen LogP contribution in [0.2, 0.25) is 0 Å². The van der Waals surface area contributed by atoms with Gasteiger partial charge in [0.05, 0.1) is 13.1 Å². The van der Waals surface area contributed by atoms with Crippen LogP contribution in [-0.2, 0) is 16.0 Å². The number of ether oxygens (including phenoxy) is 2. The van der Waals surface area contributed by atoms with Crippen LogP contribution in [0, 0.1) is 0 Å². The zero-order valence-electron chi connectivity index (χ0n) is 17.2. The van der Waals surface area contributed by atoms with Crippen molar-refractivity contribution in [1.29, 1.82) is 0 Å². The van der Waals surface area contributed by atoms with E-state index in [1.165, 1.54) is 5.56 Å². The molecule has 2 aliphatic heterocycles. The Bertz CT molecular complexity index is 930. The molecule has 2 heterocycles. The van der Waals surface area contributed by atoms with Gasteiger partial charge in [-0.2, -0.15) is 0 Å². The molecule has 0 saturated heterocycles. The Morgan fingerprint density at radius 3 is 2.70 bits per heavy atom. The molecule has 0 radical (unpaired) electrons. The maximum atomic E-state index is 13.0. The van der Waals surface area contributed by atoms with E-state index in [9.17, 15) is 9.59 Å². The van der Waals surface area contributed by atoms with Crippen molar-refractivity contribution in [2.75, 3.05) is 49.6 Å². The van der Waals surface area contributed by atoms with Crippen molar-refractivity contribution in [3.63, 3.8) is 0 Å². The van der Waals surface area contributed by atoms with Crippen LogP contribution in [0.4, 0.5) is 11.4 Å². The molecule has 2 aromatic carbocycles. The minimum absolute atomic E-state index is 0.0242. The molecule has 158 valence electrons. The van der Waals surface area contributed by atoms with Gasteiger partial charge in [-0.15, -0.1) is 0 Å². The molecule has 0 bridgehead atoms. The summed E-state index contributed by atoms with van der Waals surface area (Å²) < 4.78 is 11.1. The molecule has 4 rings (SSSR count). The summed E-state index contributed by atoms with van der Waals surface area (Å²) in [5.74, 6) is 1.17. The summed E-state index contributed by atoms with van der Waals surface area (Å²) in [6, 6.07) is 13.4. The Kier molecular flexibility index (Phi) is 6.18. The summed E-state index contributed by atoms with van der Waals surface area (Å²) in [5, 5.41) is 2.88. The average molecular weight is 409 g/mol. The first-order valence-corrected chi connectivity index (χ1v) is 10.4. The zero-order valence-corrected chi connectivity index (χ0v) is 17.2. The van der Waals surface area contributed by atoms with Crippen molar-refractivity contribution in [1.82, 2.24) is 4.90 Å². The van der Waals surface area contributed by atoms with E-state index in [2.05, 4.69) is 11.4 Å². The first kappa shape index (κ1) is 20.2. The number of carbonyl (C=O) groups is 2. The molecule has 0 spiro atoms. The summed E-state index contributed by atoms with van der Waals surface area (Å²) in [4.78, 5) is 29.2. The van der Waals surface area contributed by atoms with E-state index >= 15 is 0 Å². The minimum atomic E-state index is -0.166. The van der Waals surface area contributed by atoms with E-state index in [0.717, 1.165) is 25.1 Å². The summed E-state index contributed by atoms with van der Waals surface area (Å²) in [6.45, 7) is 4.66. The number of nitrogens with one attached hydrogen (secondary N) is 1. The normalized spacial score (nSPS) is 14.9. The summed E-state index contributed by atoms with van der Waals surface area (Å²) in [5.41, 5.74) is 2.85. The summed E-state index contributed by atoms with van der Waals surface area (Å²) >= 11 is 0. The highest BCUT2D eigenvalue weighted by Crippen LogP contribution is 2.32. The quantitative estimate of drug-likeness (QED) is 0.794. The van der Waals surface area contributed by atoms with Crippen LogP contribution in [0.1, 0.15) is 18.9 Å². The smallest absolute Gasteiger partial charge is 0.241 e. The van der Waals surface area contributed by atoms with Gasteiger partial charge in [0.1, 0.15) is 13.2 Å². The van der Waals surface area contributed by atoms with Crippen LogP contribution in [0.25, 0.3) is 0 Å². The van der Waals surface area contributed by atoms with E-state index in [1.54, 1.807) is 18.2 Å². The number of hydrogen-bond donors (Lipinski definition) is 1. The van der Waals surface area contributed by atoms with Crippen molar-refractivity contribution in [3.8, 4) is 11.5 Å². The first-order valence-electron chi connectivity index (χ1n) is 10.4. The van der Waals surface area contributed by atoms with Crippen LogP contribution in [0.5, 0.6) is 11.5 Å². The lowest BCUT2D eigenvalue weighted by Crippen LogP contribution is -2.44. The van der Waals surface area contributed by atoms with E-state index in [1.807, 2.05) is 34.9 Å². The van der Waals surface area contributed by atoms with Crippen molar-refractivity contribution >= 4 is 23.2 Å². The molecule has 0 unspecified atom stereocenters. The average Bonchev–Trinajstić information content (AvgIpc) is 2.78. The molecule has 1 N–H and O–H groups in total. The SMILES string of the molecule is CCN(CC(=O)Nc1ccc2c(c1)OCCO2)CC(=O)N1CCCc2ccccc21. The van der Waals surface area contributed by atoms with Crippen LogP contribution in [-0.4, -0.2) is 56.1 Å². The third kappa shape index (κ3) is 4.57. The van der Waals surface area contributed by atoms with Gasteiger partial charge in [0.15, 0.2) is 11.5 Å². The molecule has 7 nitrogen and oxygen atoms in total. The third-order valence-electron chi connectivity index (χ3n) is 5.41. The lowest BCUT2D eigenvalue weighted by atomic mass is 10.0. The number of likely N-dealkylation sites (N-methyl/N-ethyl adjacent to an activating group) is 1. The van der Waals surface area contributed by atoms with Gasteiger partial charge < -0.3 is 19.7 Å². The molecule has 2 amide bonds. The number of nitrogens with zero attached hydrogens (tertiary/aromatic N) is 2. The molecule has 30 heavy (non-hydrogen) atoms. The number of para-hydroxylation sites is 1. The van der Waals surface area contributed by atoms with E-state index in [4.69, 9.17) is 9.47 Å². The number of rotatable bonds is 6. The number of benzene rings is 2. The molecule has 2 aliphatic rings. The fourth-order valence-corrected chi connectivity index (χ4v) is 3.87. The zero-order chi connectivity index (χ0) is 20.9. The largest absolute Gasteiger partial charge is 0.486 e. The molecule has 0 atom stereocenters. The van der Waals surface area contributed by atoms with Gasteiger partial charge in [-0.25, -0.2) is 0 Å². The molecular weight excluding hydrogens is 382 g/mol. The number of anilines is 2. The van der Waals surface area contributed by atoms with Gasteiger partial charge in [-0.1, -0.05) is 25.1 Å². The van der Waals surface area contributed by atoms with Crippen molar-refractivity contribution in [3.05, 3.63) is 48.0 Å². The number of hydrogen-bond acceptors (Lipinski definition) is 5. The van der Waals surface area contributed by atoms with Gasteiger partial charge >= 0.3 is 0 Å². The van der Waals surface area contributed by atoms with Crippen molar-refractivity contribution in [2.24, 2.45) is 0 Å². The first-order chi connectivity index (χ1) is 14.6. The maximum Gasteiger partial charge on any atom is 0.241 e. The van der Waals surface area contributed by atoms with Crippen LogP contribution >= 0.6 is 0 Å². The predicted octanol–water partition coefficient (Wildman–Crippen LogP) is 2.70. The highest BCUT2D eigenvalue weighted by atomic mass is 16.6. The number of amides is 2. The molecule has 0 aromatic heterocycles. The molecule has 0 saturated carbocycles. The van der Waals surface area contributed by atoms with Crippen molar-refractivity contribution in [2.45, 2.75) is 19.8 Å². The number of aryl methyl sites for hydroxylation is 1. The van der Waals surface area contributed by atoms with Gasteiger partial charge in [0.25, 0.3) is 0 Å². The highest BCUT2D eigenvalue weighted by molar-refractivity contribution is 5.97. The highest BCUT2D eigenvalue weighted by Gasteiger charge is 2.24. The maximum absolute atomic E-state index is 13.0. The van der Waals surface area contributed by atoms with Gasteiger partial charge in [0.2, 0.25) is 11.8 Å². The van der Waals surface area contributed by atoms with Crippen LogP contribution in [0.3, 0.4) is 0 Å². The Morgan fingerprint density at radius 1 is 1.07 bits per heavy atom. The predicted molar refractivity (Wildman–Crippen MR) is 115 cm³/mol. The second kappa shape index (κ2) is 9.17. The summed E-state index contributed by atoms with van der Waals surface area (Å²) in [6.07, 6.45) is 1.95. The number of carbonyl (C=O) groups excluding carboxylic acids is 2. The van der Waals surface area contributed by atoms with E-state index < -0.39 is 0 Å². The fourth-order valence-electron chi connectivity index (χ4n) is 3.87. The molecule has 2 aromatic rings. The monoisotopic (exact) mass is 409 g/mol. The topological polar surface area (TPSA) is 71.1 Å². The van der Waals surface area contributed by atoms with E-state index in [-0.39, 0.29) is 24.9 Å². The lowest BCUT2D eigenvalue weighted by molar-refractivity contribution is -0.121. The Hall–Kier alpha value is -3.06.